The highest BCUT2D eigenvalue weighted by atomic mass is 16.2. The van der Waals surface area contributed by atoms with Crippen LogP contribution >= 0.6 is 0 Å². The molecular formula is C20H25N3O. The zero-order valence-corrected chi connectivity index (χ0v) is 14.4. The minimum Gasteiger partial charge on any atom is -0.312 e. The van der Waals surface area contributed by atoms with Gasteiger partial charge in [0.2, 0.25) is 5.91 Å². The predicted molar refractivity (Wildman–Crippen MR) is 96.8 cm³/mol. The highest BCUT2D eigenvalue weighted by molar-refractivity contribution is 5.95. The Bertz CT molecular complexity index is 686. The van der Waals surface area contributed by atoms with E-state index in [0.717, 1.165) is 25.1 Å². The van der Waals surface area contributed by atoms with Crippen LogP contribution in [0.2, 0.25) is 0 Å². The van der Waals surface area contributed by atoms with Crippen LogP contribution in [0.4, 0.5) is 5.69 Å². The second-order valence-corrected chi connectivity index (χ2v) is 6.37. The van der Waals surface area contributed by atoms with Gasteiger partial charge in [0.1, 0.15) is 0 Å². The van der Waals surface area contributed by atoms with Crippen LogP contribution in [0.25, 0.3) is 0 Å². The van der Waals surface area contributed by atoms with Gasteiger partial charge in [-0.25, -0.2) is 0 Å². The average Bonchev–Trinajstić information content (AvgIpc) is 3.06. The normalized spacial score (nSPS) is 17.1. The molecule has 1 saturated heterocycles. The molecule has 1 N–H and O–H groups in total. The first-order valence-corrected chi connectivity index (χ1v) is 8.75. The van der Waals surface area contributed by atoms with Gasteiger partial charge in [-0.1, -0.05) is 19.1 Å². The summed E-state index contributed by atoms with van der Waals surface area (Å²) in [4.78, 5) is 18.0. The maximum atomic E-state index is 12.0. The van der Waals surface area contributed by atoms with Crippen molar-refractivity contribution in [1.29, 1.82) is 0 Å². The van der Waals surface area contributed by atoms with Crippen LogP contribution in [0.5, 0.6) is 0 Å². The van der Waals surface area contributed by atoms with Crippen molar-refractivity contribution in [3.63, 3.8) is 0 Å². The number of nitrogens with one attached hydrogen (secondary N) is 1. The summed E-state index contributed by atoms with van der Waals surface area (Å²) in [5, 5.41) is 3.70. The number of nitrogens with zero attached hydrogens (tertiary/aromatic N) is 2. The molecule has 2 atom stereocenters. The van der Waals surface area contributed by atoms with Gasteiger partial charge in [0.15, 0.2) is 0 Å². The van der Waals surface area contributed by atoms with Gasteiger partial charge in [0.05, 0.1) is 0 Å². The van der Waals surface area contributed by atoms with Crippen LogP contribution in [-0.4, -0.2) is 17.4 Å². The summed E-state index contributed by atoms with van der Waals surface area (Å²) in [6, 6.07) is 13.0. The van der Waals surface area contributed by atoms with Gasteiger partial charge in [0, 0.05) is 43.1 Å². The first-order valence-electron chi connectivity index (χ1n) is 8.75. The quantitative estimate of drug-likeness (QED) is 0.873. The van der Waals surface area contributed by atoms with Crippen molar-refractivity contribution in [3.8, 4) is 0 Å². The van der Waals surface area contributed by atoms with Gasteiger partial charge in [-0.05, 0) is 55.2 Å². The maximum Gasteiger partial charge on any atom is 0.227 e. The molecular weight excluding hydrogens is 298 g/mol. The minimum atomic E-state index is 0.209. The minimum absolute atomic E-state index is 0.209. The zero-order valence-electron chi connectivity index (χ0n) is 14.4. The number of anilines is 1. The molecule has 24 heavy (non-hydrogen) atoms. The molecule has 1 fully saturated rings. The molecule has 1 aromatic carbocycles. The fraction of sp³-hybridized carbons (Fsp3) is 0.400. The number of rotatable bonds is 6. The molecule has 0 aliphatic carbocycles. The molecule has 126 valence electrons. The standard InChI is InChI=1S/C20H25N3O/c1-3-19(16-9-11-21-12-10-16)22-15(2)17-6-4-7-18(14-17)23-13-5-8-20(23)24/h4,6-7,9-12,14-15,19,22H,3,5,8,13H2,1-2H3/t15-,19+/m0/s1. The summed E-state index contributed by atoms with van der Waals surface area (Å²) < 4.78 is 0. The van der Waals surface area contributed by atoms with Crippen LogP contribution < -0.4 is 10.2 Å². The second kappa shape index (κ2) is 7.58. The predicted octanol–water partition coefficient (Wildman–Crippen LogP) is 4.01. The molecule has 0 saturated carbocycles. The summed E-state index contributed by atoms with van der Waals surface area (Å²) in [7, 11) is 0. The van der Waals surface area contributed by atoms with Crippen molar-refractivity contribution in [1.82, 2.24) is 10.3 Å². The SMILES string of the molecule is CC[C@@H](N[C@@H](C)c1cccc(N2CCCC2=O)c1)c1ccncc1. The molecule has 4 heteroatoms. The maximum absolute atomic E-state index is 12.0. The van der Waals surface area contributed by atoms with Crippen molar-refractivity contribution in [3.05, 3.63) is 59.9 Å². The number of aromatic nitrogens is 1. The van der Waals surface area contributed by atoms with E-state index >= 15 is 0 Å². The summed E-state index contributed by atoms with van der Waals surface area (Å²) >= 11 is 0. The van der Waals surface area contributed by atoms with Gasteiger partial charge in [-0.2, -0.15) is 0 Å². The van der Waals surface area contributed by atoms with Crippen LogP contribution in [0, 0.1) is 0 Å². The second-order valence-electron chi connectivity index (χ2n) is 6.37. The first-order chi connectivity index (χ1) is 11.7. The van der Waals surface area contributed by atoms with Gasteiger partial charge in [0.25, 0.3) is 0 Å². The molecule has 2 aromatic rings. The van der Waals surface area contributed by atoms with Gasteiger partial charge >= 0.3 is 0 Å². The third-order valence-corrected chi connectivity index (χ3v) is 4.72. The Morgan fingerprint density at radius 3 is 2.67 bits per heavy atom. The summed E-state index contributed by atoms with van der Waals surface area (Å²) in [6.45, 7) is 5.19. The van der Waals surface area contributed by atoms with Gasteiger partial charge < -0.3 is 10.2 Å². The Labute approximate surface area is 143 Å². The van der Waals surface area contributed by atoms with E-state index in [0.29, 0.717) is 12.5 Å². The van der Waals surface area contributed by atoms with Crippen molar-refractivity contribution in [2.75, 3.05) is 11.4 Å². The Morgan fingerprint density at radius 2 is 2.00 bits per heavy atom. The molecule has 1 aliphatic heterocycles. The number of hydrogen-bond donors (Lipinski definition) is 1. The lowest BCUT2D eigenvalue weighted by molar-refractivity contribution is -0.117. The van der Waals surface area contributed by atoms with Gasteiger partial charge in [-0.3, -0.25) is 9.78 Å². The summed E-state index contributed by atoms with van der Waals surface area (Å²) in [5.74, 6) is 0.232. The monoisotopic (exact) mass is 323 g/mol. The molecule has 3 rings (SSSR count). The first kappa shape index (κ1) is 16.7. The molecule has 0 spiro atoms. The van der Waals surface area contributed by atoms with Crippen molar-refractivity contribution >= 4 is 11.6 Å². The Morgan fingerprint density at radius 1 is 1.21 bits per heavy atom. The lowest BCUT2D eigenvalue weighted by Crippen LogP contribution is -2.26. The van der Waals surface area contributed by atoms with E-state index < -0.39 is 0 Å². The molecule has 1 aliphatic rings. The number of amides is 1. The molecule has 0 radical (unpaired) electrons. The van der Waals surface area contributed by atoms with E-state index in [1.165, 1.54) is 11.1 Å². The molecule has 1 aromatic heterocycles. The van der Waals surface area contributed by atoms with Crippen LogP contribution in [-0.2, 0) is 4.79 Å². The van der Waals surface area contributed by atoms with Crippen LogP contribution in [0.15, 0.2) is 48.8 Å². The highest BCUT2D eigenvalue weighted by Crippen LogP contribution is 2.27. The fourth-order valence-corrected chi connectivity index (χ4v) is 3.33. The number of carbonyl (C=O) groups is 1. The van der Waals surface area contributed by atoms with E-state index in [4.69, 9.17) is 0 Å². The largest absolute Gasteiger partial charge is 0.312 e. The molecule has 1 amide bonds. The molecule has 0 bridgehead atoms. The number of pyridine rings is 1. The zero-order chi connectivity index (χ0) is 16.9. The van der Waals surface area contributed by atoms with E-state index in [2.05, 4.69) is 48.4 Å². The Balaban J connectivity index is 1.75. The third-order valence-electron chi connectivity index (χ3n) is 4.72. The van der Waals surface area contributed by atoms with Crippen molar-refractivity contribution < 1.29 is 4.79 Å². The lowest BCUT2D eigenvalue weighted by Gasteiger charge is -2.24. The van der Waals surface area contributed by atoms with E-state index in [-0.39, 0.29) is 11.9 Å². The average molecular weight is 323 g/mol. The third kappa shape index (κ3) is 3.65. The van der Waals surface area contributed by atoms with Crippen LogP contribution in [0.1, 0.15) is 56.3 Å². The summed E-state index contributed by atoms with van der Waals surface area (Å²) in [6.07, 6.45) is 6.31. The molecule has 0 unspecified atom stereocenters. The van der Waals surface area contributed by atoms with E-state index in [9.17, 15) is 4.79 Å². The number of carbonyl (C=O) groups excluding carboxylic acids is 1. The van der Waals surface area contributed by atoms with Crippen molar-refractivity contribution in [2.24, 2.45) is 0 Å². The number of hydrogen-bond acceptors (Lipinski definition) is 3. The fourth-order valence-electron chi connectivity index (χ4n) is 3.33. The highest BCUT2D eigenvalue weighted by Gasteiger charge is 2.22. The van der Waals surface area contributed by atoms with E-state index in [1.807, 2.05) is 29.4 Å². The topological polar surface area (TPSA) is 45.2 Å². The van der Waals surface area contributed by atoms with Crippen molar-refractivity contribution in [2.45, 2.75) is 45.2 Å². The Kier molecular flexibility index (Phi) is 5.26. The molecule has 4 nitrogen and oxygen atoms in total. The lowest BCUT2D eigenvalue weighted by atomic mass is 10.0. The smallest absolute Gasteiger partial charge is 0.227 e. The van der Waals surface area contributed by atoms with E-state index in [1.54, 1.807) is 0 Å². The Hall–Kier alpha value is -2.20. The van der Waals surface area contributed by atoms with Crippen LogP contribution in [0.3, 0.4) is 0 Å². The number of benzene rings is 1. The summed E-state index contributed by atoms with van der Waals surface area (Å²) in [5.41, 5.74) is 3.48. The van der Waals surface area contributed by atoms with Gasteiger partial charge in [-0.15, -0.1) is 0 Å². The molecule has 2 heterocycles.